The Hall–Kier alpha value is -3.76. The molecule has 2 N–H and O–H groups in total. The first kappa shape index (κ1) is 28.3. The van der Waals surface area contributed by atoms with Gasteiger partial charge in [-0.25, -0.2) is 0 Å². The first-order valence-electron chi connectivity index (χ1n) is 11.7. The molecule has 1 aliphatic heterocycles. The third kappa shape index (κ3) is 7.42. The molecule has 0 aliphatic carbocycles. The normalized spacial score (nSPS) is 15.3. The highest BCUT2D eigenvalue weighted by Crippen LogP contribution is 2.34. The van der Waals surface area contributed by atoms with Crippen LogP contribution in [0, 0.1) is 5.92 Å². The van der Waals surface area contributed by atoms with Gasteiger partial charge in [0.1, 0.15) is 5.75 Å². The standard InChI is InChI=1S/C27H22Cl2F3N3O4/c28-19-4-1-16(2-5-19)13-33-26(38)17-11-25(37)35(14-17)20-6-8-21(9-7-20)39-15-24(36)34-23-12-18(27(30,31)32)3-10-22(23)29/h1-10,12,17H,11,13-15H2,(H,33,38)(H,34,36)/t17-/m0/s1. The molecule has 1 saturated heterocycles. The minimum atomic E-state index is -4.58. The Morgan fingerprint density at radius 1 is 1.00 bits per heavy atom. The quantitative estimate of drug-likeness (QED) is 0.358. The summed E-state index contributed by atoms with van der Waals surface area (Å²) in [4.78, 5) is 38.8. The van der Waals surface area contributed by atoms with E-state index in [1.807, 2.05) is 12.1 Å². The van der Waals surface area contributed by atoms with E-state index in [0.717, 1.165) is 23.8 Å². The van der Waals surface area contributed by atoms with Crippen LogP contribution in [0.3, 0.4) is 0 Å². The van der Waals surface area contributed by atoms with Gasteiger partial charge in [-0.15, -0.1) is 0 Å². The number of benzene rings is 3. The van der Waals surface area contributed by atoms with Crippen LogP contribution in [0.1, 0.15) is 17.5 Å². The van der Waals surface area contributed by atoms with Gasteiger partial charge in [0.25, 0.3) is 5.91 Å². The highest BCUT2D eigenvalue weighted by Gasteiger charge is 2.35. The van der Waals surface area contributed by atoms with Crippen LogP contribution in [-0.4, -0.2) is 30.9 Å². The molecule has 0 spiro atoms. The Morgan fingerprint density at radius 3 is 2.36 bits per heavy atom. The number of rotatable bonds is 8. The number of ether oxygens (including phenoxy) is 1. The highest BCUT2D eigenvalue weighted by atomic mass is 35.5. The predicted octanol–water partition coefficient (Wildman–Crippen LogP) is 5.70. The maximum Gasteiger partial charge on any atom is 0.416 e. The minimum absolute atomic E-state index is 0.0482. The summed E-state index contributed by atoms with van der Waals surface area (Å²) in [6.45, 7) is 0.0519. The van der Waals surface area contributed by atoms with Crippen molar-refractivity contribution in [3.8, 4) is 5.75 Å². The van der Waals surface area contributed by atoms with E-state index in [9.17, 15) is 27.6 Å². The number of alkyl halides is 3. The molecule has 204 valence electrons. The molecule has 0 bridgehead atoms. The summed E-state index contributed by atoms with van der Waals surface area (Å²) in [6, 6.07) is 16.0. The lowest BCUT2D eigenvalue weighted by Gasteiger charge is -2.17. The van der Waals surface area contributed by atoms with E-state index >= 15 is 0 Å². The van der Waals surface area contributed by atoms with Crippen LogP contribution in [0.15, 0.2) is 66.7 Å². The van der Waals surface area contributed by atoms with Gasteiger partial charge in [-0.1, -0.05) is 35.3 Å². The van der Waals surface area contributed by atoms with Gasteiger partial charge in [-0.3, -0.25) is 14.4 Å². The summed E-state index contributed by atoms with van der Waals surface area (Å²) < 4.78 is 44.2. The zero-order valence-electron chi connectivity index (χ0n) is 20.2. The van der Waals surface area contributed by atoms with E-state index in [4.69, 9.17) is 27.9 Å². The second-order valence-electron chi connectivity index (χ2n) is 8.77. The molecule has 39 heavy (non-hydrogen) atoms. The lowest BCUT2D eigenvalue weighted by molar-refractivity contribution is -0.137. The number of amides is 3. The molecule has 4 rings (SSSR count). The van der Waals surface area contributed by atoms with Gasteiger partial charge in [0.2, 0.25) is 11.8 Å². The van der Waals surface area contributed by atoms with Gasteiger partial charge in [-0.05, 0) is 60.2 Å². The highest BCUT2D eigenvalue weighted by molar-refractivity contribution is 6.33. The summed E-state index contributed by atoms with van der Waals surface area (Å²) in [7, 11) is 0. The van der Waals surface area contributed by atoms with Crippen LogP contribution in [0.4, 0.5) is 24.5 Å². The second-order valence-corrected chi connectivity index (χ2v) is 9.62. The fourth-order valence-corrected chi connectivity index (χ4v) is 4.21. The second kappa shape index (κ2) is 12.0. The van der Waals surface area contributed by atoms with Crippen molar-refractivity contribution in [2.45, 2.75) is 19.1 Å². The molecule has 0 aromatic heterocycles. The largest absolute Gasteiger partial charge is 0.484 e. The molecular formula is C27H22Cl2F3N3O4. The lowest BCUT2D eigenvalue weighted by atomic mass is 10.1. The molecule has 3 amide bonds. The van der Waals surface area contributed by atoms with Gasteiger partial charge in [0.15, 0.2) is 6.61 Å². The number of anilines is 2. The number of hydrogen-bond acceptors (Lipinski definition) is 4. The molecule has 7 nitrogen and oxygen atoms in total. The topological polar surface area (TPSA) is 87.7 Å². The fraction of sp³-hybridized carbons (Fsp3) is 0.222. The van der Waals surface area contributed by atoms with E-state index in [1.165, 1.54) is 4.90 Å². The van der Waals surface area contributed by atoms with E-state index in [0.29, 0.717) is 23.0 Å². The molecule has 3 aromatic rings. The van der Waals surface area contributed by atoms with Crippen molar-refractivity contribution >= 4 is 52.3 Å². The van der Waals surface area contributed by atoms with Crippen molar-refractivity contribution in [2.75, 3.05) is 23.4 Å². The zero-order valence-corrected chi connectivity index (χ0v) is 21.7. The van der Waals surface area contributed by atoms with Gasteiger partial charge in [0.05, 0.1) is 22.2 Å². The number of nitrogens with one attached hydrogen (secondary N) is 2. The Morgan fingerprint density at radius 2 is 1.69 bits per heavy atom. The average molecular weight is 580 g/mol. The van der Waals surface area contributed by atoms with Crippen LogP contribution in [0.2, 0.25) is 10.0 Å². The van der Waals surface area contributed by atoms with Gasteiger partial charge < -0.3 is 20.3 Å². The maximum absolute atomic E-state index is 12.9. The fourth-order valence-electron chi connectivity index (χ4n) is 3.92. The predicted molar refractivity (Wildman–Crippen MR) is 141 cm³/mol. The van der Waals surface area contributed by atoms with Crippen molar-refractivity contribution in [2.24, 2.45) is 5.92 Å². The molecule has 0 saturated carbocycles. The first-order chi connectivity index (χ1) is 18.5. The monoisotopic (exact) mass is 579 g/mol. The van der Waals surface area contributed by atoms with E-state index in [-0.39, 0.29) is 35.5 Å². The van der Waals surface area contributed by atoms with Crippen LogP contribution < -0.4 is 20.3 Å². The van der Waals surface area contributed by atoms with Gasteiger partial charge >= 0.3 is 6.18 Å². The zero-order chi connectivity index (χ0) is 28.2. The van der Waals surface area contributed by atoms with E-state index < -0.39 is 30.2 Å². The number of carbonyl (C=O) groups is 3. The van der Waals surface area contributed by atoms with Crippen molar-refractivity contribution in [1.29, 1.82) is 0 Å². The molecule has 0 radical (unpaired) electrons. The van der Waals surface area contributed by atoms with Gasteiger partial charge in [-0.2, -0.15) is 13.2 Å². The molecule has 1 aliphatic rings. The SMILES string of the molecule is O=C(COc1ccc(N2C[C@@H](C(=O)NCc3ccc(Cl)cc3)CC2=O)cc1)Nc1cc(C(F)(F)F)ccc1Cl. The average Bonchev–Trinajstić information content (AvgIpc) is 3.29. The maximum atomic E-state index is 12.9. The molecule has 1 atom stereocenters. The molecule has 0 unspecified atom stereocenters. The third-order valence-corrected chi connectivity index (χ3v) is 6.54. The Balaban J connectivity index is 1.28. The minimum Gasteiger partial charge on any atom is -0.484 e. The molecule has 1 fully saturated rings. The summed E-state index contributed by atoms with van der Waals surface area (Å²) in [5.74, 6) is -1.34. The Labute approximate surface area is 231 Å². The molecule has 1 heterocycles. The van der Waals surface area contributed by atoms with Crippen molar-refractivity contribution < 1.29 is 32.3 Å². The van der Waals surface area contributed by atoms with E-state index in [2.05, 4.69) is 10.6 Å². The van der Waals surface area contributed by atoms with Crippen LogP contribution >= 0.6 is 23.2 Å². The molecule has 12 heteroatoms. The summed E-state index contributed by atoms with van der Waals surface area (Å²) in [5, 5.41) is 5.69. The lowest BCUT2D eigenvalue weighted by Crippen LogP contribution is -2.32. The van der Waals surface area contributed by atoms with Crippen molar-refractivity contribution in [3.63, 3.8) is 0 Å². The van der Waals surface area contributed by atoms with E-state index in [1.54, 1.807) is 36.4 Å². The number of halogens is 5. The smallest absolute Gasteiger partial charge is 0.416 e. The number of hydrogen-bond donors (Lipinski definition) is 2. The number of carbonyl (C=O) groups excluding carboxylic acids is 3. The third-order valence-electron chi connectivity index (χ3n) is 5.96. The van der Waals surface area contributed by atoms with Crippen LogP contribution in [0.5, 0.6) is 5.75 Å². The van der Waals surface area contributed by atoms with Crippen LogP contribution in [-0.2, 0) is 27.1 Å². The summed E-state index contributed by atoms with van der Waals surface area (Å²) in [5.41, 5.74) is 0.308. The molecular weight excluding hydrogens is 558 g/mol. The Bertz CT molecular complexity index is 1370. The van der Waals surface area contributed by atoms with Gasteiger partial charge in [0, 0.05) is 30.2 Å². The van der Waals surface area contributed by atoms with Crippen molar-refractivity contribution in [1.82, 2.24) is 5.32 Å². The number of nitrogens with zero attached hydrogens (tertiary/aromatic N) is 1. The first-order valence-corrected chi connectivity index (χ1v) is 12.5. The van der Waals surface area contributed by atoms with Crippen molar-refractivity contribution in [3.05, 3.63) is 87.9 Å². The van der Waals surface area contributed by atoms with Crippen LogP contribution in [0.25, 0.3) is 0 Å². The Kier molecular flexibility index (Phi) is 8.66. The summed E-state index contributed by atoms with van der Waals surface area (Å²) in [6.07, 6.45) is -4.51. The molecule has 3 aromatic carbocycles. The summed E-state index contributed by atoms with van der Waals surface area (Å²) >= 11 is 11.8.